The SMILES string of the molecule is CC(C)(C(=O)O)c1ncc(-c2ccc(F)cc2F)[nH]1. The molecule has 2 rings (SSSR count). The van der Waals surface area contributed by atoms with Gasteiger partial charge in [0.05, 0.1) is 11.9 Å². The number of aliphatic carboxylic acids is 1. The summed E-state index contributed by atoms with van der Waals surface area (Å²) in [5.74, 6) is -2.25. The molecule has 0 aliphatic heterocycles. The van der Waals surface area contributed by atoms with Crippen LogP contribution in [0.2, 0.25) is 0 Å². The third kappa shape index (κ3) is 2.33. The van der Waals surface area contributed by atoms with Crippen molar-refractivity contribution in [1.29, 1.82) is 0 Å². The van der Waals surface area contributed by atoms with Crippen molar-refractivity contribution in [3.05, 3.63) is 41.9 Å². The summed E-state index contributed by atoms with van der Waals surface area (Å²) >= 11 is 0. The van der Waals surface area contributed by atoms with E-state index in [-0.39, 0.29) is 11.4 Å². The van der Waals surface area contributed by atoms with Crippen molar-refractivity contribution in [2.45, 2.75) is 19.3 Å². The lowest BCUT2D eigenvalue weighted by molar-refractivity contribution is -0.142. The minimum Gasteiger partial charge on any atom is -0.481 e. The number of carboxylic acids is 1. The second-order valence-electron chi connectivity index (χ2n) is 4.70. The van der Waals surface area contributed by atoms with Gasteiger partial charge in [-0.2, -0.15) is 0 Å². The maximum Gasteiger partial charge on any atom is 0.316 e. The van der Waals surface area contributed by atoms with Gasteiger partial charge in [-0.1, -0.05) is 0 Å². The number of nitrogens with zero attached hydrogens (tertiary/aromatic N) is 1. The molecule has 0 saturated carbocycles. The van der Waals surface area contributed by atoms with E-state index in [4.69, 9.17) is 5.11 Å². The molecule has 2 N–H and O–H groups in total. The molecule has 0 aliphatic rings. The van der Waals surface area contributed by atoms with Gasteiger partial charge in [0.2, 0.25) is 0 Å². The summed E-state index contributed by atoms with van der Waals surface area (Å²) in [5, 5.41) is 9.08. The smallest absolute Gasteiger partial charge is 0.316 e. The summed E-state index contributed by atoms with van der Waals surface area (Å²) in [4.78, 5) is 17.8. The number of aromatic amines is 1. The van der Waals surface area contributed by atoms with Gasteiger partial charge < -0.3 is 10.1 Å². The zero-order chi connectivity index (χ0) is 14.2. The summed E-state index contributed by atoms with van der Waals surface area (Å²) < 4.78 is 26.4. The monoisotopic (exact) mass is 266 g/mol. The van der Waals surface area contributed by atoms with Gasteiger partial charge in [0, 0.05) is 11.6 Å². The molecule has 1 heterocycles. The summed E-state index contributed by atoms with van der Waals surface area (Å²) in [5.41, 5.74) is -0.766. The van der Waals surface area contributed by atoms with Crippen LogP contribution in [0.5, 0.6) is 0 Å². The van der Waals surface area contributed by atoms with E-state index < -0.39 is 23.0 Å². The predicted molar refractivity (Wildman–Crippen MR) is 64.6 cm³/mol. The third-order valence-electron chi connectivity index (χ3n) is 2.92. The Kier molecular flexibility index (Phi) is 3.09. The minimum atomic E-state index is -1.21. The Morgan fingerprint density at radius 1 is 1.37 bits per heavy atom. The van der Waals surface area contributed by atoms with E-state index in [1.165, 1.54) is 26.1 Å². The number of carboxylic acid groups (broad SMARTS) is 1. The first-order chi connectivity index (χ1) is 8.82. The Bertz CT molecular complexity index is 635. The number of rotatable bonds is 3. The van der Waals surface area contributed by atoms with Crippen molar-refractivity contribution >= 4 is 5.97 Å². The van der Waals surface area contributed by atoms with Crippen molar-refractivity contribution in [2.75, 3.05) is 0 Å². The molecule has 1 aromatic carbocycles. The highest BCUT2D eigenvalue weighted by Gasteiger charge is 2.32. The van der Waals surface area contributed by atoms with Gasteiger partial charge in [-0.05, 0) is 26.0 Å². The van der Waals surface area contributed by atoms with Crippen LogP contribution in [0.15, 0.2) is 24.4 Å². The molecule has 6 heteroatoms. The molecule has 100 valence electrons. The molecule has 4 nitrogen and oxygen atoms in total. The zero-order valence-corrected chi connectivity index (χ0v) is 10.4. The zero-order valence-electron chi connectivity index (χ0n) is 10.4. The fourth-order valence-electron chi connectivity index (χ4n) is 1.58. The number of hydrogen-bond acceptors (Lipinski definition) is 2. The Labute approximate surface area is 108 Å². The maximum atomic E-state index is 13.6. The van der Waals surface area contributed by atoms with Crippen LogP contribution < -0.4 is 0 Å². The van der Waals surface area contributed by atoms with Crippen LogP contribution in [0.25, 0.3) is 11.3 Å². The third-order valence-corrected chi connectivity index (χ3v) is 2.92. The highest BCUT2D eigenvalue weighted by molar-refractivity contribution is 5.79. The molecule has 0 aliphatic carbocycles. The fraction of sp³-hybridized carbons (Fsp3) is 0.231. The fourth-order valence-corrected chi connectivity index (χ4v) is 1.58. The van der Waals surface area contributed by atoms with Crippen LogP contribution in [0.3, 0.4) is 0 Å². The maximum absolute atomic E-state index is 13.6. The molecule has 0 spiro atoms. The molecule has 0 saturated heterocycles. The van der Waals surface area contributed by atoms with E-state index in [1.54, 1.807) is 0 Å². The largest absolute Gasteiger partial charge is 0.481 e. The number of H-pyrrole nitrogens is 1. The molecule has 0 unspecified atom stereocenters. The average molecular weight is 266 g/mol. The Morgan fingerprint density at radius 3 is 2.63 bits per heavy atom. The predicted octanol–water partition coefficient (Wildman–Crippen LogP) is 2.72. The van der Waals surface area contributed by atoms with Gasteiger partial charge in [-0.15, -0.1) is 0 Å². The van der Waals surface area contributed by atoms with Gasteiger partial charge in [-0.25, -0.2) is 13.8 Å². The van der Waals surface area contributed by atoms with Gasteiger partial charge in [0.1, 0.15) is 22.9 Å². The molecule has 0 bridgehead atoms. The van der Waals surface area contributed by atoms with E-state index in [1.807, 2.05) is 0 Å². The van der Waals surface area contributed by atoms with Crippen molar-refractivity contribution in [1.82, 2.24) is 9.97 Å². The number of halogens is 2. The van der Waals surface area contributed by atoms with Crippen LogP contribution in [0.1, 0.15) is 19.7 Å². The van der Waals surface area contributed by atoms with Crippen LogP contribution in [0.4, 0.5) is 8.78 Å². The summed E-state index contributed by atoms with van der Waals surface area (Å²) in [6.45, 7) is 2.97. The summed E-state index contributed by atoms with van der Waals surface area (Å²) in [7, 11) is 0. The number of nitrogens with one attached hydrogen (secondary N) is 1. The standard InChI is InChI=1S/C13H12F2N2O2/c1-13(2,12(18)19)11-16-6-10(17-11)8-4-3-7(14)5-9(8)15/h3-6H,1-2H3,(H,16,17)(H,18,19). The lowest BCUT2D eigenvalue weighted by atomic mass is 9.93. The second kappa shape index (κ2) is 4.46. The Morgan fingerprint density at radius 2 is 2.05 bits per heavy atom. The average Bonchev–Trinajstić information content (AvgIpc) is 2.78. The Hall–Kier alpha value is -2.24. The first-order valence-corrected chi connectivity index (χ1v) is 5.56. The number of carbonyl (C=O) groups is 1. The molecular weight excluding hydrogens is 254 g/mol. The molecule has 0 radical (unpaired) electrons. The van der Waals surface area contributed by atoms with Gasteiger partial charge in [0.15, 0.2) is 0 Å². The van der Waals surface area contributed by atoms with Crippen LogP contribution in [-0.2, 0) is 10.2 Å². The van der Waals surface area contributed by atoms with Crippen LogP contribution in [0, 0.1) is 11.6 Å². The van der Waals surface area contributed by atoms with E-state index in [2.05, 4.69) is 9.97 Å². The molecule has 0 atom stereocenters. The van der Waals surface area contributed by atoms with Gasteiger partial charge in [0.25, 0.3) is 0 Å². The Balaban J connectivity index is 2.44. The van der Waals surface area contributed by atoms with Gasteiger partial charge >= 0.3 is 5.97 Å². The molecule has 0 fully saturated rings. The van der Waals surface area contributed by atoms with Crippen LogP contribution in [-0.4, -0.2) is 21.0 Å². The van der Waals surface area contributed by atoms with Gasteiger partial charge in [-0.3, -0.25) is 4.79 Å². The van der Waals surface area contributed by atoms with E-state index >= 15 is 0 Å². The van der Waals surface area contributed by atoms with Crippen molar-refractivity contribution < 1.29 is 18.7 Å². The minimum absolute atomic E-state index is 0.140. The van der Waals surface area contributed by atoms with Crippen molar-refractivity contribution in [2.24, 2.45) is 0 Å². The summed E-state index contributed by atoms with van der Waals surface area (Å²) in [6.07, 6.45) is 1.33. The second-order valence-corrected chi connectivity index (χ2v) is 4.70. The first-order valence-electron chi connectivity index (χ1n) is 5.56. The van der Waals surface area contributed by atoms with Crippen molar-refractivity contribution in [3.63, 3.8) is 0 Å². The normalized spacial score (nSPS) is 11.6. The highest BCUT2D eigenvalue weighted by Crippen LogP contribution is 2.26. The molecule has 2 aromatic rings. The van der Waals surface area contributed by atoms with E-state index in [9.17, 15) is 13.6 Å². The number of benzene rings is 1. The highest BCUT2D eigenvalue weighted by atomic mass is 19.1. The first kappa shape index (κ1) is 13.2. The topological polar surface area (TPSA) is 66.0 Å². The molecule has 0 amide bonds. The number of hydrogen-bond donors (Lipinski definition) is 2. The number of aromatic nitrogens is 2. The summed E-state index contributed by atoms with van der Waals surface area (Å²) in [6, 6.07) is 3.16. The quantitative estimate of drug-likeness (QED) is 0.897. The van der Waals surface area contributed by atoms with E-state index in [0.29, 0.717) is 5.69 Å². The number of imidazole rings is 1. The lowest BCUT2D eigenvalue weighted by Crippen LogP contribution is -2.29. The van der Waals surface area contributed by atoms with Crippen molar-refractivity contribution in [3.8, 4) is 11.3 Å². The molecular formula is C13H12F2N2O2. The van der Waals surface area contributed by atoms with Crippen LogP contribution >= 0.6 is 0 Å². The lowest BCUT2D eigenvalue weighted by Gasteiger charge is -2.15. The molecule has 19 heavy (non-hydrogen) atoms. The molecule has 1 aromatic heterocycles. The van der Waals surface area contributed by atoms with E-state index in [0.717, 1.165) is 12.1 Å².